The van der Waals surface area contributed by atoms with Crippen LogP contribution in [0.25, 0.3) is 0 Å². The van der Waals surface area contributed by atoms with Crippen LogP contribution >= 0.6 is 43.5 Å². The predicted octanol–water partition coefficient (Wildman–Crippen LogP) is 4.88. The van der Waals surface area contributed by atoms with Crippen molar-refractivity contribution < 1.29 is 13.2 Å². The number of benzene rings is 1. The molecule has 0 aliphatic heterocycles. The molecule has 0 aromatic heterocycles. The smallest absolute Gasteiger partial charge is 0.166 e. The van der Waals surface area contributed by atoms with E-state index in [0.717, 1.165) is 6.07 Å². The quantitative estimate of drug-likeness (QED) is 0.591. The Morgan fingerprint density at radius 3 is 2.15 bits per heavy atom. The van der Waals surface area contributed by atoms with Crippen molar-refractivity contribution in [1.82, 2.24) is 0 Å². The maximum atomic E-state index is 12.2. The minimum absolute atomic E-state index is 0.212. The third-order valence-electron chi connectivity index (χ3n) is 1.34. The van der Waals surface area contributed by atoms with Gasteiger partial charge in [-0.1, -0.05) is 11.6 Å². The fourth-order valence-corrected chi connectivity index (χ4v) is 1.81. The van der Waals surface area contributed by atoms with E-state index in [1.54, 1.807) is 0 Å². The lowest BCUT2D eigenvalue weighted by atomic mass is 10.2. The molecular weight excluding hydrogens is 336 g/mol. The largest absolute Gasteiger partial charge is 0.417 e. The Morgan fingerprint density at radius 1 is 1.15 bits per heavy atom. The van der Waals surface area contributed by atoms with E-state index in [9.17, 15) is 13.2 Å². The molecule has 0 nitrogen and oxygen atoms in total. The standard InChI is InChI=1S/C7H2Br2ClF3/c8-4-2-1-3(7(11,12)13)6(10)5(4)9/h1-2H. The molecule has 0 amide bonds. The van der Waals surface area contributed by atoms with Crippen LogP contribution < -0.4 is 0 Å². The van der Waals surface area contributed by atoms with E-state index in [4.69, 9.17) is 11.6 Å². The van der Waals surface area contributed by atoms with Gasteiger partial charge in [0.2, 0.25) is 0 Å². The minimum atomic E-state index is -4.42. The number of halogens is 6. The molecule has 0 atom stereocenters. The monoisotopic (exact) mass is 336 g/mol. The lowest BCUT2D eigenvalue weighted by Crippen LogP contribution is -2.05. The highest BCUT2D eigenvalue weighted by Gasteiger charge is 2.34. The molecule has 72 valence electrons. The van der Waals surface area contributed by atoms with Crippen LogP contribution in [0.5, 0.6) is 0 Å². The van der Waals surface area contributed by atoms with Gasteiger partial charge in [0.25, 0.3) is 0 Å². The van der Waals surface area contributed by atoms with Crippen molar-refractivity contribution in [2.24, 2.45) is 0 Å². The van der Waals surface area contributed by atoms with Crippen molar-refractivity contribution in [1.29, 1.82) is 0 Å². The van der Waals surface area contributed by atoms with Crippen LogP contribution in [0.4, 0.5) is 13.2 Å². The SMILES string of the molecule is FC(F)(F)c1ccc(Br)c(Br)c1Cl. The summed E-state index contributed by atoms with van der Waals surface area (Å²) in [5, 5.41) is -0.332. The average Bonchev–Trinajstić information content (AvgIpc) is 1.98. The molecule has 0 heterocycles. The molecular formula is C7H2Br2ClF3. The number of rotatable bonds is 0. The number of hydrogen-bond acceptors (Lipinski definition) is 0. The summed E-state index contributed by atoms with van der Waals surface area (Å²) in [6.07, 6.45) is -4.42. The second-order valence-corrected chi connectivity index (χ2v) is 4.25. The highest BCUT2D eigenvalue weighted by molar-refractivity contribution is 9.13. The van der Waals surface area contributed by atoms with Crippen molar-refractivity contribution in [3.63, 3.8) is 0 Å². The van der Waals surface area contributed by atoms with Crippen LogP contribution in [0.15, 0.2) is 21.1 Å². The Balaban J connectivity index is 3.35. The van der Waals surface area contributed by atoms with Gasteiger partial charge in [-0.05, 0) is 44.0 Å². The van der Waals surface area contributed by atoms with Gasteiger partial charge in [-0.25, -0.2) is 0 Å². The summed E-state index contributed by atoms with van der Waals surface area (Å²) in [6, 6.07) is 2.22. The van der Waals surface area contributed by atoms with Crippen LogP contribution in [0.2, 0.25) is 5.02 Å². The molecule has 1 aromatic rings. The fourth-order valence-electron chi connectivity index (χ4n) is 0.745. The van der Waals surface area contributed by atoms with Gasteiger partial charge in [-0.3, -0.25) is 0 Å². The molecule has 0 bridgehead atoms. The highest BCUT2D eigenvalue weighted by Crippen LogP contribution is 2.40. The molecule has 0 N–H and O–H groups in total. The lowest BCUT2D eigenvalue weighted by Gasteiger charge is -2.10. The maximum absolute atomic E-state index is 12.2. The Morgan fingerprint density at radius 2 is 1.69 bits per heavy atom. The van der Waals surface area contributed by atoms with E-state index in [-0.39, 0.29) is 9.50 Å². The molecule has 13 heavy (non-hydrogen) atoms. The maximum Gasteiger partial charge on any atom is 0.417 e. The van der Waals surface area contributed by atoms with E-state index in [1.807, 2.05) is 0 Å². The first kappa shape index (κ1) is 11.3. The van der Waals surface area contributed by atoms with Gasteiger partial charge in [0, 0.05) is 4.47 Å². The molecule has 0 spiro atoms. The summed E-state index contributed by atoms with van der Waals surface area (Å²) in [5.74, 6) is 0. The summed E-state index contributed by atoms with van der Waals surface area (Å²) in [5.41, 5.74) is -0.843. The first-order valence-electron chi connectivity index (χ1n) is 3.04. The zero-order chi connectivity index (χ0) is 10.2. The van der Waals surface area contributed by atoms with Crippen LogP contribution in [0.1, 0.15) is 5.56 Å². The molecule has 0 fully saturated rings. The van der Waals surface area contributed by atoms with Crippen molar-refractivity contribution in [2.75, 3.05) is 0 Å². The van der Waals surface area contributed by atoms with Gasteiger partial charge < -0.3 is 0 Å². The topological polar surface area (TPSA) is 0 Å². The van der Waals surface area contributed by atoms with Gasteiger partial charge in [0.15, 0.2) is 0 Å². The fraction of sp³-hybridized carbons (Fsp3) is 0.143. The molecule has 0 unspecified atom stereocenters. The molecule has 1 aromatic carbocycles. The van der Waals surface area contributed by atoms with Gasteiger partial charge in [0.1, 0.15) is 0 Å². The molecule has 0 saturated heterocycles. The minimum Gasteiger partial charge on any atom is -0.166 e. The summed E-state index contributed by atoms with van der Waals surface area (Å²) >= 11 is 11.5. The summed E-state index contributed by atoms with van der Waals surface area (Å²) in [4.78, 5) is 0. The van der Waals surface area contributed by atoms with E-state index in [2.05, 4.69) is 31.9 Å². The Labute approximate surface area is 94.3 Å². The highest BCUT2D eigenvalue weighted by atomic mass is 79.9. The van der Waals surface area contributed by atoms with Crippen LogP contribution in [0.3, 0.4) is 0 Å². The van der Waals surface area contributed by atoms with E-state index in [0.29, 0.717) is 4.47 Å². The van der Waals surface area contributed by atoms with Gasteiger partial charge in [-0.15, -0.1) is 0 Å². The lowest BCUT2D eigenvalue weighted by molar-refractivity contribution is -0.137. The van der Waals surface area contributed by atoms with Gasteiger partial charge >= 0.3 is 6.18 Å². The Hall–Kier alpha value is 0.260. The average molecular weight is 338 g/mol. The van der Waals surface area contributed by atoms with Crippen LogP contribution in [-0.4, -0.2) is 0 Å². The molecule has 6 heteroatoms. The van der Waals surface area contributed by atoms with Crippen molar-refractivity contribution >= 4 is 43.5 Å². The first-order chi connectivity index (χ1) is 5.84. The van der Waals surface area contributed by atoms with Gasteiger partial charge in [-0.2, -0.15) is 13.2 Å². The van der Waals surface area contributed by atoms with Crippen molar-refractivity contribution in [3.8, 4) is 0 Å². The van der Waals surface area contributed by atoms with E-state index < -0.39 is 11.7 Å². The zero-order valence-corrected chi connectivity index (χ0v) is 9.85. The van der Waals surface area contributed by atoms with Gasteiger partial charge in [0.05, 0.1) is 15.1 Å². The Bertz CT molecular complexity index is 335. The molecule has 0 radical (unpaired) electrons. The Kier molecular flexibility index (Phi) is 3.30. The van der Waals surface area contributed by atoms with Crippen molar-refractivity contribution in [2.45, 2.75) is 6.18 Å². The second-order valence-electron chi connectivity index (χ2n) is 2.22. The molecule has 0 aliphatic carbocycles. The predicted molar refractivity (Wildman–Crippen MR) is 51.9 cm³/mol. The third-order valence-corrected chi connectivity index (χ3v) is 3.98. The third kappa shape index (κ3) is 2.39. The molecule has 0 saturated carbocycles. The zero-order valence-electron chi connectivity index (χ0n) is 5.92. The van der Waals surface area contributed by atoms with Crippen LogP contribution in [-0.2, 0) is 6.18 Å². The number of hydrogen-bond donors (Lipinski definition) is 0. The van der Waals surface area contributed by atoms with E-state index >= 15 is 0 Å². The summed E-state index contributed by atoms with van der Waals surface area (Å²) in [6.45, 7) is 0. The summed E-state index contributed by atoms with van der Waals surface area (Å²) in [7, 11) is 0. The number of alkyl halides is 3. The van der Waals surface area contributed by atoms with Crippen LogP contribution in [0, 0.1) is 0 Å². The van der Waals surface area contributed by atoms with Crippen molar-refractivity contribution in [3.05, 3.63) is 31.7 Å². The molecule has 0 aliphatic rings. The second kappa shape index (κ2) is 3.79. The van der Waals surface area contributed by atoms with E-state index in [1.165, 1.54) is 6.07 Å². The molecule has 1 rings (SSSR count). The summed E-state index contributed by atoms with van der Waals surface area (Å²) < 4.78 is 37.4. The normalized spacial score (nSPS) is 11.8. The first-order valence-corrected chi connectivity index (χ1v) is 5.01.